The van der Waals surface area contributed by atoms with Gasteiger partial charge in [0.2, 0.25) is 10.0 Å². The molecular formula is C19H26ClIN4O2S. The van der Waals surface area contributed by atoms with Gasteiger partial charge in [-0.3, -0.25) is 0 Å². The number of sulfonamides is 1. The van der Waals surface area contributed by atoms with Crippen LogP contribution in [-0.4, -0.2) is 33.2 Å². The number of guanidine groups is 1. The fourth-order valence-electron chi connectivity index (χ4n) is 2.30. The zero-order chi connectivity index (χ0) is 19.5. The Balaban J connectivity index is 0.00000392. The van der Waals surface area contributed by atoms with Crippen LogP contribution in [-0.2, 0) is 23.1 Å². The first kappa shape index (κ1) is 24.7. The number of nitrogens with zero attached hydrogens (tertiary/aromatic N) is 1. The molecule has 2 aromatic carbocycles. The first-order chi connectivity index (χ1) is 13.0. The minimum atomic E-state index is -3.38. The molecule has 154 valence electrons. The second kappa shape index (κ2) is 13.0. The smallest absolute Gasteiger partial charge is 0.213 e. The van der Waals surface area contributed by atoms with Crippen molar-refractivity contribution in [1.29, 1.82) is 0 Å². The predicted octanol–water partition coefficient (Wildman–Crippen LogP) is 3.13. The molecule has 0 bridgehead atoms. The summed E-state index contributed by atoms with van der Waals surface area (Å²) >= 11 is 6.14. The molecule has 2 rings (SSSR count). The van der Waals surface area contributed by atoms with Crippen LogP contribution in [0.2, 0.25) is 5.02 Å². The number of aliphatic imine (C=N–C) groups is 1. The molecule has 0 aliphatic heterocycles. The standard InChI is InChI=1S/C19H25ClN4O2S.HI/c1-2-21-19(23-15-17-10-6-7-11-18(17)20)22-12-13-27(25,26)24-14-16-8-4-3-5-9-16;/h3-11,24H,2,12-15H2,1H3,(H2,21,22,23);1H. The van der Waals surface area contributed by atoms with Crippen molar-refractivity contribution >= 4 is 51.6 Å². The molecule has 0 heterocycles. The molecule has 0 aromatic heterocycles. The highest BCUT2D eigenvalue weighted by atomic mass is 127. The van der Waals surface area contributed by atoms with Gasteiger partial charge in [0.15, 0.2) is 5.96 Å². The molecule has 0 unspecified atom stereocenters. The molecule has 3 N–H and O–H groups in total. The second-order valence-corrected chi connectivity index (χ2v) is 8.17. The number of rotatable bonds is 9. The van der Waals surface area contributed by atoms with E-state index in [-0.39, 0.29) is 42.8 Å². The lowest BCUT2D eigenvalue weighted by Crippen LogP contribution is -2.41. The monoisotopic (exact) mass is 536 g/mol. The zero-order valence-corrected chi connectivity index (χ0v) is 19.6. The predicted molar refractivity (Wildman–Crippen MR) is 127 cm³/mol. The Bertz CT molecular complexity index is 848. The van der Waals surface area contributed by atoms with E-state index in [0.29, 0.717) is 24.1 Å². The van der Waals surface area contributed by atoms with Crippen LogP contribution < -0.4 is 15.4 Å². The van der Waals surface area contributed by atoms with Crippen LogP contribution in [0.1, 0.15) is 18.1 Å². The van der Waals surface area contributed by atoms with E-state index >= 15 is 0 Å². The highest BCUT2D eigenvalue weighted by Crippen LogP contribution is 2.15. The summed E-state index contributed by atoms with van der Waals surface area (Å²) in [7, 11) is -3.38. The van der Waals surface area contributed by atoms with E-state index in [9.17, 15) is 8.42 Å². The van der Waals surface area contributed by atoms with E-state index in [4.69, 9.17) is 11.6 Å². The summed E-state index contributed by atoms with van der Waals surface area (Å²) in [6.45, 7) is 3.56. The van der Waals surface area contributed by atoms with E-state index in [2.05, 4.69) is 20.3 Å². The maximum Gasteiger partial charge on any atom is 0.213 e. The summed E-state index contributed by atoms with van der Waals surface area (Å²) in [4.78, 5) is 4.45. The quantitative estimate of drug-likeness (QED) is 0.261. The molecule has 0 amide bonds. The van der Waals surface area contributed by atoms with Gasteiger partial charge in [0.05, 0.1) is 12.3 Å². The molecule has 6 nitrogen and oxygen atoms in total. The number of halogens is 2. The van der Waals surface area contributed by atoms with Gasteiger partial charge < -0.3 is 10.6 Å². The number of hydrogen-bond donors (Lipinski definition) is 3. The topological polar surface area (TPSA) is 82.6 Å². The van der Waals surface area contributed by atoms with Crippen LogP contribution in [0, 0.1) is 0 Å². The molecule has 0 saturated heterocycles. The first-order valence-corrected chi connectivity index (χ1v) is 10.8. The lowest BCUT2D eigenvalue weighted by atomic mass is 10.2. The molecule has 2 aromatic rings. The third-order valence-electron chi connectivity index (χ3n) is 3.71. The second-order valence-electron chi connectivity index (χ2n) is 5.84. The minimum absolute atomic E-state index is 0. The largest absolute Gasteiger partial charge is 0.357 e. The third kappa shape index (κ3) is 9.22. The maximum atomic E-state index is 12.1. The average molecular weight is 537 g/mol. The van der Waals surface area contributed by atoms with Gasteiger partial charge in [-0.05, 0) is 24.1 Å². The van der Waals surface area contributed by atoms with Crippen molar-refractivity contribution in [2.24, 2.45) is 4.99 Å². The summed E-state index contributed by atoms with van der Waals surface area (Å²) < 4.78 is 26.9. The van der Waals surface area contributed by atoms with Crippen molar-refractivity contribution in [1.82, 2.24) is 15.4 Å². The van der Waals surface area contributed by atoms with Gasteiger partial charge >= 0.3 is 0 Å². The fraction of sp³-hybridized carbons (Fsp3) is 0.316. The number of nitrogens with one attached hydrogen (secondary N) is 3. The Morgan fingerprint density at radius 2 is 1.71 bits per heavy atom. The van der Waals surface area contributed by atoms with Crippen LogP contribution in [0.25, 0.3) is 0 Å². The zero-order valence-electron chi connectivity index (χ0n) is 15.7. The van der Waals surface area contributed by atoms with Gasteiger partial charge in [-0.15, -0.1) is 24.0 Å². The van der Waals surface area contributed by atoms with Gasteiger partial charge in [-0.1, -0.05) is 60.1 Å². The highest BCUT2D eigenvalue weighted by molar-refractivity contribution is 14.0. The number of hydrogen-bond acceptors (Lipinski definition) is 3. The molecular weight excluding hydrogens is 511 g/mol. The molecule has 0 radical (unpaired) electrons. The van der Waals surface area contributed by atoms with Gasteiger partial charge in [-0.25, -0.2) is 18.1 Å². The summed E-state index contributed by atoms with van der Waals surface area (Å²) in [5.41, 5.74) is 1.83. The Kier molecular flexibility index (Phi) is 11.4. The lowest BCUT2D eigenvalue weighted by Gasteiger charge is -2.12. The van der Waals surface area contributed by atoms with Crippen molar-refractivity contribution in [2.75, 3.05) is 18.8 Å². The van der Waals surface area contributed by atoms with E-state index in [0.717, 1.165) is 11.1 Å². The van der Waals surface area contributed by atoms with Crippen molar-refractivity contribution in [2.45, 2.75) is 20.0 Å². The SMILES string of the molecule is CCNC(=NCc1ccccc1Cl)NCCS(=O)(=O)NCc1ccccc1.I. The van der Waals surface area contributed by atoms with E-state index in [1.807, 2.05) is 61.5 Å². The average Bonchev–Trinajstić information content (AvgIpc) is 2.66. The summed E-state index contributed by atoms with van der Waals surface area (Å²) in [5.74, 6) is 0.506. The van der Waals surface area contributed by atoms with Crippen LogP contribution in [0.15, 0.2) is 59.6 Å². The molecule has 0 aliphatic rings. The van der Waals surface area contributed by atoms with Crippen LogP contribution >= 0.6 is 35.6 Å². The molecule has 0 saturated carbocycles. The van der Waals surface area contributed by atoms with Gasteiger partial charge in [0, 0.05) is 24.7 Å². The minimum Gasteiger partial charge on any atom is -0.357 e. The van der Waals surface area contributed by atoms with Crippen molar-refractivity contribution < 1.29 is 8.42 Å². The third-order valence-corrected chi connectivity index (χ3v) is 5.41. The summed E-state index contributed by atoms with van der Waals surface area (Å²) in [6, 6.07) is 16.9. The molecule has 0 spiro atoms. The van der Waals surface area contributed by atoms with Crippen molar-refractivity contribution in [3.05, 3.63) is 70.7 Å². The molecule has 0 fully saturated rings. The van der Waals surface area contributed by atoms with Gasteiger partial charge in [0.1, 0.15) is 0 Å². The van der Waals surface area contributed by atoms with E-state index < -0.39 is 10.0 Å². The lowest BCUT2D eigenvalue weighted by molar-refractivity contribution is 0.580. The first-order valence-electron chi connectivity index (χ1n) is 8.77. The fourth-order valence-corrected chi connectivity index (χ4v) is 3.39. The Hall–Kier alpha value is -1.36. The molecule has 0 atom stereocenters. The Labute approximate surface area is 189 Å². The van der Waals surface area contributed by atoms with E-state index in [1.165, 1.54) is 0 Å². The molecule has 9 heteroatoms. The van der Waals surface area contributed by atoms with Gasteiger partial charge in [-0.2, -0.15) is 0 Å². The van der Waals surface area contributed by atoms with Gasteiger partial charge in [0.25, 0.3) is 0 Å². The normalized spacial score (nSPS) is 11.6. The highest BCUT2D eigenvalue weighted by Gasteiger charge is 2.10. The molecule has 28 heavy (non-hydrogen) atoms. The summed E-state index contributed by atoms with van der Waals surface area (Å²) in [6.07, 6.45) is 0. The van der Waals surface area contributed by atoms with Crippen LogP contribution in [0.4, 0.5) is 0 Å². The van der Waals surface area contributed by atoms with Crippen molar-refractivity contribution in [3.63, 3.8) is 0 Å². The molecule has 0 aliphatic carbocycles. The maximum absolute atomic E-state index is 12.1. The van der Waals surface area contributed by atoms with E-state index in [1.54, 1.807) is 0 Å². The van der Waals surface area contributed by atoms with Crippen LogP contribution in [0.5, 0.6) is 0 Å². The Morgan fingerprint density at radius 3 is 2.39 bits per heavy atom. The Morgan fingerprint density at radius 1 is 1.04 bits per heavy atom. The van der Waals surface area contributed by atoms with Crippen LogP contribution in [0.3, 0.4) is 0 Å². The summed E-state index contributed by atoms with van der Waals surface area (Å²) in [5, 5.41) is 6.80. The number of benzene rings is 2. The van der Waals surface area contributed by atoms with Crippen molar-refractivity contribution in [3.8, 4) is 0 Å².